The molecule has 20 heavy (non-hydrogen) atoms. The molecule has 0 N–H and O–H groups in total. The fourth-order valence-electron chi connectivity index (χ4n) is 2.71. The zero-order chi connectivity index (χ0) is 14.2. The summed E-state index contributed by atoms with van der Waals surface area (Å²) in [6.07, 6.45) is 3.35. The number of nitrogens with zero attached hydrogens (tertiary/aromatic N) is 3. The summed E-state index contributed by atoms with van der Waals surface area (Å²) in [6, 6.07) is 5.15. The van der Waals surface area contributed by atoms with E-state index in [0.29, 0.717) is 30.0 Å². The van der Waals surface area contributed by atoms with Crippen LogP contribution in [0.2, 0.25) is 0 Å². The molecule has 1 atom stereocenters. The second-order valence-electron chi connectivity index (χ2n) is 5.07. The molecule has 1 aliphatic heterocycles. The molecule has 1 fully saturated rings. The Morgan fingerprint density at radius 2 is 2.15 bits per heavy atom. The second-order valence-corrected chi connectivity index (χ2v) is 7.47. The molecule has 1 aliphatic rings. The first-order valence-electron chi connectivity index (χ1n) is 6.61. The number of carbonyl (C=O) groups is 1. The van der Waals surface area contributed by atoms with E-state index in [1.807, 2.05) is 0 Å². The van der Waals surface area contributed by atoms with Gasteiger partial charge in [-0.2, -0.15) is 0 Å². The Bertz CT molecular complexity index is 751. The SMILES string of the molecule is O=Cc1cccc2nnc(CC3CCCCS3(=O)=O)n12. The zero-order valence-electron chi connectivity index (χ0n) is 10.9. The van der Waals surface area contributed by atoms with E-state index < -0.39 is 15.1 Å². The maximum Gasteiger partial charge on any atom is 0.166 e. The molecule has 0 aromatic carbocycles. The maximum absolute atomic E-state index is 12.1. The Kier molecular flexibility index (Phi) is 3.29. The Labute approximate surface area is 116 Å². The molecule has 7 heteroatoms. The fraction of sp³-hybridized carbons (Fsp3) is 0.462. The zero-order valence-corrected chi connectivity index (χ0v) is 11.7. The van der Waals surface area contributed by atoms with Crippen molar-refractivity contribution in [2.45, 2.75) is 30.9 Å². The van der Waals surface area contributed by atoms with E-state index in [1.165, 1.54) is 0 Å². The smallest absolute Gasteiger partial charge is 0.166 e. The van der Waals surface area contributed by atoms with Gasteiger partial charge in [-0.05, 0) is 25.0 Å². The van der Waals surface area contributed by atoms with Gasteiger partial charge in [0.2, 0.25) is 0 Å². The summed E-state index contributed by atoms with van der Waals surface area (Å²) in [5, 5.41) is 7.64. The van der Waals surface area contributed by atoms with Crippen molar-refractivity contribution in [1.82, 2.24) is 14.6 Å². The minimum atomic E-state index is -3.06. The quantitative estimate of drug-likeness (QED) is 0.790. The molecule has 106 valence electrons. The average Bonchev–Trinajstić information content (AvgIpc) is 2.84. The van der Waals surface area contributed by atoms with Crippen molar-refractivity contribution in [3.05, 3.63) is 29.7 Å². The first-order valence-corrected chi connectivity index (χ1v) is 8.33. The van der Waals surface area contributed by atoms with Gasteiger partial charge in [0.25, 0.3) is 0 Å². The van der Waals surface area contributed by atoms with Gasteiger partial charge >= 0.3 is 0 Å². The van der Waals surface area contributed by atoms with Crippen LogP contribution in [0.3, 0.4) is 0 Å². The third-order valence-corrected chi connectivity index (χ3v) is 6.05. The fourth-order valence-corrected chi connectivity index (χ4v) is 4.57. The van der Waals surface area contributed by atoms with Gasteiger partial charge < -0.3 is 0 Å². The molecule has 0 bridgehead atoms. The molecule has 0 radical (unpaired) electrons. The first kappa shape index (κ1) is 13.2. The number of pyridine rings is 1. The monoisotopic (exact) mass is 293 g/mol. The van der Waals surface area contributed by atoms with Gasteiger partial charge in [-0.1, -0.05) is 12.5 Å². The molecule has 0 spiro atoms. The van der Waals surface area contributed by atoms with Gasteiger partial charge in [-0.3, -0.25) is 9.20 Å². The first-order chi connectivity index (χ1) is 9.62. The molecular weight excluding hydrogens is 278 g/mol. The number of hydrogen-bond donors (Lipinski definition) is 0. The molecule has 6 nitrogen and oxygen atoms in total. The summed E-state index contributed by atoms with van der Waals surface area (Å²) in [5.74, 6) is 0.785. The highest BCUT2D eigenvalue weighted by atomic mass is 32.2. The van der Waals surface area contributed by atoms with Gasteiger partial charge in [0.05, 0.1) is 16.7 Å². The van der Waals surface area contributed by atoms with Crippen molar-refractivity contribution in [1.29, 1.82) is 0 Å². The lowest BCUT2D eigenvalue weighted by Crippen LogP contribution is -2.31. The summed E-state index contributed by atoms with van der Waals surface area (Å²) in [6.45, 7) is 0. The summed E-state index contributed by atoms with van der Waals surface area (Å²) in [7, 11) is -3.06. The third kappa shape index (κ3) is 2.22. The Hall–Kier alpha value is -1.76. The highest BCUT2D eigenvalue weighted by Gasteiger charge is 2.30. The van der Waals surface area contributed by atoms with Crippen LogP contribution in [-0.2, 0) is 16.3 Å². The molecule has 0 amide bonds. The number of aromatic nitrogens is 3. The van der Waals surface area contributed by atoms with Gasteiger partial charge in [0.1, 0.15) is 5.82 Å². The lowest BCUT2D eigenvalue weighted by molar-refractivity contribution is 0.111. The predicted molar refractivity (Wildman–Crippen MR) is 73.5 cm³/mol. The molecule has 2 aromatic heterocycles. The van der Waals surface area contributed by atoms with Crippen LogP contribution < -0.4 is 0 Å². The molecular formula is C13H15N3O3S. The lowest BCUT2D eigenvalue weighted by atomic mass is 10.1. The predicted octanol–water partition coefficient (Wildman–Crippen LogP) is 1.05. The number of sulfone groups is 1. The van der Waals surface area contributed by atoms with Crippen molar-refractivity contribution in [2.75, 3.05) is 5.75 Å². The van der Waals surface area contributed by atoms with Gasteiger partial charge in [-0.15, -0.1) is 10.2 Å². The van der Waals surface area contributed by atoms with E-state index in [1.54, 1.807) is 22.6 Å². The van der Waals surface area contributed by atoms with E-state index >= 15 is 0 Å². The van der Waals surface area contributed by atoms with Crippen LogP contribution in [0.1, 0.15) is 35.6 Å². The van der Waals surface area contributed by atoms with E-state index in [-0.39, 0.29) is 5.75 Å². The van der Waals surface area contributed by atoms with E-state index in [0.717, 1.165) is 19.1 Å². The largest absolute Gasteiger partial charge is 0.296 e. The molecule has 1 saturated heterocycles. The maximum atomic E-state index is 12.1. The van der Waals surface area contributed by atoms with Crippen LogP contribution in [0.15, 0.2) is 18.2 Å². The summed E-state index contributed by atoms with van der Waals surface area (Å²) in [5.41, 5.74) is 1.01. The molecule has 0 aliphatic carbocycles. The normalized spacial score (nSPS) is 21.9. The van der Waals surface area contributed by atoms with E-state index in [9.17, 15) is 13.2 Å². The van der Waals surface area contributed by atoms with Crippen LogP contribution in [0.5, 0.6) is 0 Å². The minimum Gasteiger partial charge on any atom is -0.296 e. The number of hydrogen-bond acceptors (Lipinski definition) is 5. The van der Waals surface area contributed by atoms with Crippen molar-refractivity contribution in [3.8, 4) is 0 Å². The summed E-state index contributed by atoms with van der Waals surface area (Å²) in [4.78, 5) is 11.1. The molecule has 1 unspecified atom stereocenters. The van der Waals surface area contributed by atoms with E-state index in [2.05, 4.69) is 10.2 Å². The van der Waals surface area contributed by atoms with E-state index in [4.69, 9.17) is 0 Å². The van der Waals surface area contributed by atoms with Crippen LogP contribution in [0.25, 0.3) is 5.65 Å². The number of carbonyl (C=O) groups excluding carboxylic acids is 1. The Morgan fingerprint density at radius 1 is 1.30 bits per heavy atom. The van der Waals surface area contributed by atoms with Crippen molar-refractivity contribution in [3.63, 3.8) is 0 Å². The number of aldehydes is 1. The van der Waals surface area contributed by atoms with Crippen molar-refractivity contribution >= 4 is 21.8 Å². The highest BCUT2D eigenvalue weighted by molar-refractivity contribution is 7.92. The Balaban J connectivity index is 2.01. The topological polar surface area (TPSA) is 81.4 Å². The molecule has 3 rings (SSSR count). The van der Waals surface area contributed by atoms with Gasteiger partial charge in [0, 0.05) is 6.42 Å². The van der Waals surface area contributed by atoms with Crippen molar-refractivity contribution < 1.29 is 13.2 Å². The standard InChI is InChI=1S/C13H15N3O3S/c17-9-10-4-3-6-12-14-15-13(16(10)12)8-11-5-1-2-7-20(11,18)19/h3-4,6,9,11H,1-2,5,7-8H2. The third-order valence-electron chi connectivity index (χ3n) is 3.77. The van der Waals surface area contributed by atoms with Crippen LogP contribution in [0.4, 0.5) is 0 Å². The van der Waals surface area contributed by atoms with Crippen LogP contribution >= 0.6 is 0 Å². The summed E-state index contributed by atoms with van der Waals surface area (Å²) < 4.78 is 25.8. The number of rotatable bonds is 3. The van der Waals surface area contributed by atoms with Crippen LogP contribution in [-0.4, -0.2) is 40.3 Å². The molecule has 0 saturated carbocycles. The second kappa shape index (κ2) is 4.97. The molecule has 2 aromatic rings. The van der Waals surface area contributed by atoms with Crippen LogP contribution in [0, 0.1) is 0 Å². The van der Waals surface area contributed by atoms with Crippen molar-refractivity contribution in [2.24, 2.45) is 0 Å². The highest BCUT2D eigenvalue weighted by Crippen LogP contribution is 2.23. The van der Waals surface area contributed by atoms with Gasteiger partial charge in [-0.25, -0.2) is 8.42 Å². The average molecular weight is 293 g/mol. The Morgan fingerprint density at radius 3 is 2.90 bits per heavy atom. The number of fused-ring (bicyclic) bond motifs is 1. The molecule has 3 heterocycles. The van der Waals surface area contributed by atoms with Gasteiger partial charge in [0.15, 0.2) is 21.8 Å². The minimum absolute atomic E-state index is 0.245. The lowest BCUT2D eigenvalue weighted by Gasteiger charge is -2.21. The summed E-state index contributed by atoms with van der Waals surface area (Å²) >= 11 is 0.